The number of hydrogen-bond acceptors (Lipinski definition) is 8. The Bertz CT molecular complexity index is 1030. The number of rotatable bonds is 7. The van der Waals surface area contributed by atoms with Gasteiger partial charge in [0.15, 0.2) is 5.16 Å². The van der Waals surface area contributed by atoms with Crippen molar-refractivity contribution < 1.29 is 9.21 Å². The summed E-state index contributed by atoms with van der Waals surface area (Å²) in [4.78, 5) is 14.7. The number of anilines is 2. The van der Waals surface area contributed by atoms with Gasteiger partial charge < -0.3 is 14.6 Å². The first-order valence-electron chi connectivity index (χ1n) is 9.75. The van der Waals surface area contributed by atoms with Gasteiger partial charge in [0.25, 0.3) is 0 Å². The van der Waals surface area contributed by atoms with Gasteiger partial charge in [0.2, 0.25) is 11.9 Å². The SMILES string of the molecule is CC1CCN(c2nnc(SCC(=O)Nc3sccc3C#N)n2Cc2ccco2)CC1. The van der Waals surface area contributed by atoms with Crippen molar-refractivity contribution in [1.29, 1.82) is 5.26 Å². The van der Waals surface area contributed by atoms with E-state index >= 15 is 0 Å². The monoisotopic (exact) mass is 442 g/mol. The molecule has 0 spiro atoms. The smallest absolute Gasteiger partial charge is 0.235 e. The minimum Gasteiger partial charge on any atom is -0.467 e. The number of aromatic nitrogens is 3. The van der Waals surface area contributed by atoms with Crippen molar-refractivity contribution in [2.45, 2.75) is 31.5 Å². The van der Waals surface area contributed by atoms with E-state index in [0.717, 1.165) is 43.6 Å². The molecule has 3 aromatic rings. The van der Waals surface area contributed by atoms with Crippen LogP contribution < -0.4 is 10.2 Å². The van der Waals surface area contributed by atoms with Crippen LogP contribution in [0.3, 0.4) is 0 Å². The first-order chi connectivity index (χ1) is 14.6. The zero-order valence-electron chi connectivity index (χ0n) is 16.6. The summed E-state index contributed by atoms with van der Waals surface area (Å²) >= 11 is 2.67. The predicted molar refractivity (Wildman–Crippen MR) is 117 cm³/mol. The molecule has 8 nitrogen and oxygen atoms in total. The number of carbonyl (C=O) groups excluding carboxylic acids is 1. The van der Waals surface area contributed by atoms with Gasteiger partial charge in [-0.15, -0.1) is 21.5 Å². The van der Waals surface area contributed by atoms with Gasteiger partial charge in [-0.2, -0.15) is 5.26 Å². The lowest BCUT2D eigenvalue weighted by atomic mass is 10.00. The maximum absolute atomic E-state index is 12.4. The van der Waals surface area contributed by atoms with Crippen LogP contribution in [0.1, 0.15) is 31.1 Å². The Hall–Kier alpha value is -2.77. The Morgan fingerprint density at radius 1 is 1.40 bits per heavy atom. The maximum Gasteiger partial charge on any atom is 0.235 e. The fraction of sp³-hybridized carbons (Fsp3) is 0.400. The van der Waals surface area contributed by atoms with Crippen LogP contribution in [0.25, 0.3) is 0 Å². The number of nitrogens with zero attached hydrogens (tertiary/aromatic N) is 5. The van der Waals surface area contributed by atoms with E-state index in [2.05, 4.69) is 33.4 Å². The van der Waals surface area contributed by atoms with Crippen molar-refractivity contribution in [2.75, 3.05) is 29.1 Å². The van der Waals surface area contributed by atoms with Crippen molar-refractivity contribution in [3.8, 4) is 6.07 Å². The molecule has 1 N–H and O–H groups in total. The van der Waals surface area contributed by atoms with E-state index in [1.807, 2.05) is 16.7 Å². The molecule has 3 aromatic heterocycles. The average Bonchev–Trinajstić information content (AvgIpc) is 3.49. The van der Waals surface area contributed by atoms with Crippen LogP contribution in [0.15, 0.2) is 39.4 Å². The largest absolute Gasteiger partial charge is 0.467 e. The Balaban J connectivity index is 1.48. The van der Waals surface area contributed by atoms with E-state index in [4.69, 9.17) is 9.68 Å². The van der Waals surface area contributed by atoms with E-state index < -0.39 is 0 Å². The first-order valence-corrected chi connectivity index (χ1v) is 11.6. The zero-order chi connectivity index (χ0) is 20.9. The number of piperidine rings is 1. The number of hydrogen-bond donors (Lipinski definition) is 1. The second kappa shape index (κ2) is 9.36. The Kier molecular flexibility index (Phi) is 6.40. The molecule has 0 unspecified atom stereocenters. The molecule has 0 saturated carbocycles. The molecule has 1 aliphatic heterocycles. The number of amides is 1. The first kappa shape index (κ1) is 20.5. The third kappa shape index (κ3) is 4.68. The third-order valence-corrected chi connectivity index (χ3v) is 6.83. The van der Waals surface area contributed by atoms with Gasteiger partial charge in [0, 0.05) is 13.1 Å². The molecule has 0 atom stereocenters. The number of furan rings is 1. The summed E-state index contributed by atoms with van der Waals surface area (Å²) in [5, 5.41) is 23.7. The quantitative estimate of drug-likeness (QED) is 0.555. The van der Waals surface area contributed by atoms with Crippen LogP contribution in [-0.2, 0) is 11.3 Å². The fourth-order valence-corrected chi connectivity index (χ4v) is 4.80. The van der Waals surface area contributed by atoms with Crippen molar-refractivity contribution in [1.82, 2.24) is 14.8 Å². The Labute approximate surface area is 182 Å². The molecule has 1 amide bonds. The topological polar surface area (TPSA) is 100.0 Å². The van der Waals surface area contributed by atoms with Crippen molar-refractivity contribution in [2.24, 2.45) is 5.92 Å². The average molecular weight is 443 g/mol. The van der Waals surface area contributed by atoms with Crippen molar-refractivity contribution in [3.05, 3.63) is 41.2 Å². The molecule has 30 heavy (non-hydrogen) atoms. The maximum atomic E-state index is 12.4. The predicted octanol–water partition coefficient (Wildman–Crippen LogP) is 3.82. The highest BCUT2D eigenvalue weighted by atomic mass is 32.2. The van der Waals surface area contributed by atoms with E-state index in [0.29, 0.717) is 22.3 Å². The molecular formula is C20H22N6O2S2. The molecular weight excluding hydrogens is 420 g/mol. The molecule has 1 fully saturated rings. The summed E-state index contributed by atoms with van der Waals surface area (Å²) in [6.45, 7) is 4.67. The minimum absolute atomic E-state index is 0.177. The number of thioether (sulfide) groups is 1. The van der Waals surface area contributed by atoms with Gasteiger partial charge >= 0.3 is 0 Å². The molecule has 0 bridgehead atoms. The van der Waals surface area contributed by atoms with Crippen LogP contribution in [-0.4, -0.2) is 39.5 Å². The summed E-state index contributed by atoms with van der Waals surface area (Å²) in [6.07, 6.45) is 3.90. The standard InChI is InChI=1S/C20H22N6O2S2/c1-14-4-7-25(8-5-14)19-23-24-20(26(19)12-16-3-2-9-28-16)30-13-17(27)22-18-15(11-21)6-10-29-18/h2-3,6,9-10,14H,4-5,7-8,12-13H2,1H3,(H,22,27). The van der Waals surface area contributed by atoms with Gasteiger partial charge in [-0.05, 0) is 42.3 Å². The summed E-state index contributed by atoms with van der Waals surface area (Å²) < 4.78 is 7.54. The Morgan fingerprint density at radius 2 is 2.23 bits per heavy atom. The molecule has 156 valence electrons. The van der Waals surface area contributed by atoms with Gasteiger partial charge in [-0.25, -0.2) is 0 Å². The number of nitriles is 1. The summed E-state index contributed by atoms with van der Waals surface area (Å²) in [5.74, 6) is 2.34. The molecule has 1 aliphatic rings. The lowest BCUT2D eigenvalue weighted by Crippen LogP contribution is -2.35. The molecule has 0 aliphatic carbocycles. The Morgan fingerprint density at radius 3 is 2.97 bits per heavy atom. The highest BCUT2D eigenvalue weighted by molar-refractivity contribution is 7.99. The number of thiophene rings is 1. The van der Waals surface area contributed by atoms with Crippen LogP contribution in [0, 0.1) is 17.2 Å². The zero-order valence-corrected chi connectivity index (χ0v) is 18.2. The number of carbonyl (C=O) groups is 1. The summed E-state index contributed by atoms with van der Waals surface area (Å²) in [7, 11) is 0. The van der Waals surface area contributed by atoms with Crippen LogP contribution in [0.2, 0.25) is 0 Å². The highest BCUT2D eigenvalue weighted by Crippen LogP contribution is 2.28. The van der Waals surface area contributed by atoms with Gasteiger partial charge in [0.1, 0.15) is 16.8 Å². The molecule has 0 aromatic carbocycles. The lowest BCUT2D eigenvalue weighted by molar-refractivity contribution is -0.113. The van der Waals surface area contributed by atoms with Crippen LogP contribution >= 0.6 is 23.1 Å². The lowest BCUT2D eigenvalue weighted by Gasteiger charge is -2.31. The van der Waals surface area contributed by atoms with Crippen molar-refractivity contribution in [3.63, 3.8) is 0 Å². The number of nitrogens with one attached hydrogen (secondary N) is 1. The molecule has 0 radical (unpaired) electrons. The van der Waals surface area contributed by atoms with E-state index in [1.54, 1.807) is 17.7 Å². The molecule has 4 rings (SSSR count). The molecule has 1 saturated heterocycles. The second-order valence-electron chi connectivity index (χ2n) is 7.23. The van der Waals surface area contributed by atoms with E-state index in [-0.39, 0.29) is 11.7 Å². The van der Waals surface area contributed by atoms with Crippen molar-refractivity contribution >= 4 is 40.0 Å². The molecule has 10 heteroatoms. The summed E-state index contributed by atoms with van der Waals surface area (Å²) in [5.41, 5.74) is 0.473. The second-order valence-corrected chi connectivity index (χ2v) is 9.09. The van der Waals surface area contributed by atoms with Crippen LogP contribution in [0.5, 0.6) is 0 Å². The van der Waals surface area contributed by atoms with Gasteiger partial charge in [-0.3, -0.25) is 9.36 Å². The van der Waals surface area contributed by atoms with Gasteiger partial charge in [0.05, 0.1) is 24.1 Å². The normalized spacial score (nSPS) is 14.6. The third-order valence-electron chi connectivity index (χ3n) is 5.03. The minimum atomic E-state index is -0.181. The fourth-order valence-electron chi connectivity index (χ4n) is 3.31. The molecule has 4 heterocycles. The highest BCUT2D eigenvalue weighted by Gasteiger charge is 2.24. The van der Waals surface area contributed by atoms with E-state index in [9.17, 15) is 4.79 Å². The summed E-state index contributed by atoms with van der Waals surface area (Å²) in [6, 6.07) is 7.55. The van der Waals surface area contributed by atoms with Crippen LogP contribution in [0.4, 0.5) is 10.9 Å². The van der Waals surface area contributed by atoms with Gasteiger partial charge in [-0.1, -0.05) is 18.7 Å². The van der Waals surface area contributed by atoms with E-state index in [1.165, 1.54) is 23.1 Å².